The first-order chi connectivity index (χ1) is 15.2. The molecule has 0 aliphatic carbocycles. The lowest BCUT2D eigenvalue weighted by molar-refractivity contribution is -0.384. The fourth-order valence-electron chi connectivity index (χ4n) is 3.02. The molecule has 0 atom stereocenters. The van der Waals surface area contributed by atoms with Crippen molar-refractivity contribution in [2.24, 2.45) is 0 Å². The Kier molecular flexibility index (Phi) is 7.57. The first kappa shape index (κ1) is 23.8. The van der Waals surface area contributed by atoms with Gasteiger partial charge in [0.2, 0.25) is 0 Å². The van der Waals surface area contributed by atoms with E-state index in [2.05, 4.69) is 15.9 Å². The van der Waals surface area contributed by atoms with Crippen molar-refractivity contribution in [1.82, 2.24) is 4.90 Å². The molecule has 0 N–H and O–H groups in total. The van der Waals surface area contributed by atoms with E-state index in [0.29, 0.717) is 33.7 Å². The Morgan fingerprint density at radius 2 is 2.00 bits per heavy atom. The van der Waals surface area contributed by atoms with Crippen LogP contribution in [0.3, 0.4) is 0 Å². The Bertz CT molecular complexity index is 1100. The van der Waals surface area contributed by atoms with E-state index in [-0.39, 0.29) is 23.2 Å². The van der Waals surface area contributed by atoms with Crippen molar-refractivity contribution in [3.63, 3.8) is 0 Å². The number of hydrogen-bond donors (Lipinski definition) is 0. The van der Waals surface area contributed by atoms with Gasteiger partial charge in [0, 0.05) is 12.1 Å². The molecule has 3 rings (SSSR count). The molecule has 32 heavy (non-hydrogen) atoms. The molecule has 0 radical (unpaired) electrons. The number of nitro groups is 1. The zero-order valence-electron chi connectivity index (χ0n) is 17.7. The Balaban J connectivity index is 1.87. The molecule has 168 valence electrons. The van der Waals surface area contributed by atoms with Crippen molar-refractivity contribution < 1.29 is 24.0 Å². The number of nitro benzene ring substituents is 1. The monoisotopic (exact) mass is 520 g/mol. The molecule has 0 saturated carbocycles. The topological polar surface area (TPSA) is 99.0 Å². The van der Waals surface area contributed by atoms with Crippen molar-refractivity contribution in [3.05, 3.63) is 67.0 Å². The molecule has 2 amide bonds. The van der Waals surface area contributed by atoms with E-state index in [9.17, 15) is 19.7 Å². The fraction of sp³-hybridized carbons (Fsp3) is 0.273. The quantitative estimate of drug-likeness (QED) is 0.247. The number of amides is 2. The highest BCUT2D eigenvalue weighted by Gasteiger charge is 2.35. The van der Waals surface area contributed by atoms with Crippen LogP contribution >= 0.6 is 27.7 Å². The fourth-order valence-corrected chi connectivity index (χ4v) is 4.41. The predicted molar refractivity (Wildman–Crippen MR) is 126 cm³/mol. The lowest BCUT2D eigenvalue weighted by atomic mass is 10.1. The van der Waals surface area contributed by atoms with Gasteiger partial charge in [-0.25, -0.2) is 0 Å². The van der Waals surface area contributed by atoms with E-state index in [1.165, 1.54) is 18.2 Å². The van der Waals surface area contributed by atoms with Crippen LogP contribution in [0.25, 0.3) is 6.08 Å². The van der Waals surface area contributed by atoms with Crippen molar-refractivity contribution in [1.29, 1.82) is 0 Å². The van der Waals surface area contributed by atoms with E-state index in [0.717, 1.165) is 16.7 Å². The van der Waals surface area contributed by atoms with Gasteiger partial charge < -0.3 is 9.47 Å². The minimum atomic E-state index is -0.516. The maximum absolute atomic E-state index is 12.9. The summed E-state index contributed by atoms with van der Waals surface area (Å²) in [6.07, 6.45) is 1.56. The second-order valence-corrected chi connectivity index (χ2v) is 8.97. The van der Waals surface area contributed by atoms with E-state index in [4.69, 9.17) is 9.47 Å². The van der Waals surface area contributed by atoms with Crippen LogP contribution < -0.4 is 9.47 Å². The molecule has 8 nitrogen and oxygen atoms in total. The number of non-ortho nitro benzene ring substituents is 1. The maximum atomic E-state index is 12.9. The molecule has 1 heterocycles. The SMILES string of the molecule is CCOc1cc(/C=C2/SC(=O)N(Cc3cccc([N+](=O)[O-])c3)C2=O)cc(Br)c1OC(C)C. The highest BCUT2D eigenvalue weighted by atomic mass is 79.9. The molecule has 1 aliphatic heterocycles. The molecule has 1 aliphatic rings. The molecule has 0 spiro atoms. The molecule has 1 saturated heterocycles. The van der Waals surface area contributed by atoms with Crippen LogP contribution in [0.2, 0.25) is 0 Å². The van der Waals surface area contributed by atoms with Gasteiger partial charge in [-0.1, -0.05) is 12.1 Å². The number of imide groups is 1. The second kappa shape index (κ2) is 10.2. The largest absolute Gasteiger partial charge is 0.490 e. The molecule has 1 fully saturated rings. The standard InChI is InChI=1S/C22H21BrN2O6S/c1-4-30-18-10-15(9-17(23)20(18)31-13(2)3)11-19-21(26)24(22(27)32-19)12-14-6-5-7-16(8-14)25(28)29/h5-11,13H,4,12H2,1-3H3/b19-11+. The number of rotatable bonds is 8. The van der Waals surface area contributed by atoms with Crippen LogP contribution in [-0.4, -0.2) is 33.7 Å². The number of carbonyl (C=O) groups excluding carboxylic acids is 2. The maximum Gasteiger partial charge on any atom is 0.293 e. The average molecular weight is 521 g/mol. The zero-order chi connectivity index (χ0) is 23.4. The highest BCUT2D eigenvalue weighted by molar-refractivity contribution is 9.10. The summed E-state index contributed by atoms with van der Waals surface area (Å²) in [6, 6.07) is 9.41. The summed E-state index contributed by atoms with van der Waals surface area (Å²) in [5.74, 6) is 0.638. The van der Waals surface area contributed by atoms with Gasteiger partial charge in [0.15, 0.2) is 11.5 Å². The molecular formula is C22H21BrN2O6S. The lowest BCUT2D eigenvalue weighted by Gasteiger charge is -2.17. The Hall–Kier alpha value is -2.85. The summed E-state index contributed by atoms with van der Waals surface area (Å²) in [5.41, 5.74) is 1.07. The second-order valence-electron chi connectivity index (χ2n) is 7.12. The third-order valence-electron chi connectivity index (χ3n) is 4.32. The van der Waals surface area contributed by atoms with Crippen LogP contribution in [0.4, 0.5) is 10.5 Å². The van der Waals surface area contributed by atoms with Gasteiger partial charge in [0.25, 0.3) is 16.8 Å². The number of thioether (sulfide) groups is 1. The summed E-state index contributed by atoms with van der Waals surface area (Å²) in [7, 11) is 0. The Morgan fingerprint density at radius 1 is 1.25 bits per heavy atom. The van der Waals surface area contributed by atoms with Gasteiger partial charge in [-0.05, 0) is 77.8 Å². The lowest BCUT2D eigenvalue weighted by Crippen LogP contribution is -2.27. The average Bonchev–Trinajstić information content (AvgIpc) is 2.98. The molecule has 0 bridgehead atoms. The number of nitrogens with zero attached hydrogens (tertiary/aromatic N) is 2. The van der Waals surface area contributed by atoms with E-state index < -0.39 is 16.1 Å². The number of carbonyl (C=O) groups is 2. The van der Waals surface area contributed by atoms with Gasteiger partial charge in [0.1, 0.15) is 0 Å². The van der Waals surface area contributed by atoms with Crippen LogP contribution in [-0.2, 0) is 11.3 Å². The van der Waals surface area contributed by atoms with Gasteiger partial charge in [-0.15, -0.1) is 0 Å². The zero-order valence-corrected chi connectivity index (χ0v) is 20.1. The summed E-state index contributed by atoms with van der Waals surface area (Å²) in [4.78, 5) is 37.1. The van der Waals surface area contributed by atoms with Crippen molar-refractivity contribution in [2.75, 3.05) is 6.61 Å². The first-order valence-corrected chi connectivity index (χ1v) is 11.4. The Morgan fingerprint density at radius 3 is 2.66 bits per heavy atom. The Labute approximate surface area is 197 Å². The number of ether oxygens (including phenoxy) is 2. The van der Waals surface area contributed by atoms with E-state index in [1.54, 1.807) is 24.3 Å². The van der Waals surface area contributed by atoms with E-state index in [1.807, 2.05) is 20.8 Å². The number of hydrogen-bond acceptors (Lipinski definition) is 7. The highest BCUT2D eigenvalue weighted by Crippen LogP contribution is 2.40. The smallest absolute Gasteiger partial charge is 0.293 e. The molecular weight excluding hydrogens is 500 g/mol. The van der Waals surface area contributed by atoms with Crippen molar-refractivity contribution >= 4 is 50.6 Å². The molecule has 10 heteroatoms. The third kappa shape index (κ3) is 5.49. The molecule has 2 aromatic rings. The summed E-state index contributed by atoms with van der Waals surface area (Å²) >= 11 is 4.31. The van der Waals surface area contributed by atoms with E-state index >= 15 is 0 Å². The van der Waals surface area contributed by atoms with Crippen LogP contribution in [0.5, 0.6) is 11.5 Å². The van der Waals surface area contributed by atoms with Crippen LogP contribution in [0, 0.1) is 10.1 Å². The number of benzene rings is 2. The van der Waals surface area contributed by atoms with Gasteiger partial charge in [-0.3, -0.25) is 24.6 Å². The summed E-state index contributed by atoms with van der Waals surface area (Å²) in [5, 5.41) is 10.5. The summed E-state index contributed by atoms with van der Waals surface area (Å²) < 4.78 is 12.2. The molecule has 2 aromatic carbocycles. The number of halogens is 1. The minimum Gasteiger partial charge on any atom is -0.490 e. The van der Waals surface area contributed by atoms with Gasteiger partial charge in [0.05, 0.1) is 33.6 Å². The molecule has 0 unspecified atom stereocenters. The normalized spacial score (nSPS) is 15.0. The van der Waals surface area contributed by atoms with Crippen LogP contribution in [0.1, 0.15) is 31.9 Å². The first-order valence-electron chi connectivity index (χ1n) is 9.81. The van der Waals surface area contributed by atoms with Crippen molar-refractivity contribution in [2.45, 2.75) is 33.4 Å². The van der Waals surface area contributed by atoms with Crippen LogP contribution in [0.15, 0.2) is 45.8 Å². The van der Waals surface area contributed by atoms with Gasteiger partial charge >= 0.3 is 0 Å². The van der Waals surface area contributed by atoms with Crippen molar-refractivity contribution in [3.8, 4) is 11.5 Å². The molecule has 0 aromatic heterocycles. The third-order valence-corrected chi connectivity index (χ3v) is 5.82. The summed E-state index contributed by atoms with van der Waals surface area (Å²) in [6.45, 7) is 6.07. The minimum absolute atomic E-state index is 0.0429. The van der Waals surface area contributed by atoms with Gasteiger partial charge in [-0.2, -0.15) is 0 Å². The predicted octanol–water partition coefficient (Wildman–Crippen LogP) is 5.78.